The predicted molar refractivity (Wildman–Crippen MR) is 70.0 cm³/mol. The highest BCUT2D eigenvalue weighted by Gasteiger charge is 2.10. The van der Waals surface area contributed by atoms with Gasteiger partial charge in [-0.2, -0.15) is 0 Å². The van der Waals surface area contributed by atoms with E-state index in [1.54, 1.807) is 13.3 Å². The number of thioether (sulfide) groups is 1. The Kier molecular flexibility index (Phi) is 3.33. The van der Waals surface area contributed by atoms with Crippen LogP contribution in [0.1, 0.15) is 0 Å². The summed E-state index contributed by atoms with van der Waals surface area (Å²) in [5.41, 5.74) is 0.660. The molecule has 0 unspecified atom stereocenters. The van der Waals surface area contributed by atoms with Crippen molar-refractivity contribution >= 4 is 28.6 Å². The van der Waals surface area contributed by atoms with Gasteiger partial charge in [0.15, 0.2) is 10.8 Å². The second-order valence-corrected chi connectivity index (χ2v) is 4.44. The van der Waals surface area contributed by atoms with E-state index in [4.69, 9.17) is 4.74 Å². The van der Waals surface area contributed by atoms with Crippen molar-refractivity contribution in [3.05, 3.63) is 12.3 Å². The van der Waals surface area contributed by atoms with E-state index >= 15 is 0 Å². The maximum absolute atomic E-state index is 5.34. The maximum atomic E-state index is 5.34. The largest absolute Gasteiger partial charge is 0.496 e. The minimum Gasteiger partial charge on any atom is -0.496 e. The van der Waals surface area contributed by atoms with Crippen LogP contribution in [-0.2, 0) is 0 Å². The molecule has 0 bridgehead atoms. The number of methoxy groups -OCH3 is 1. The molecular formula is C11H14N4OS. The molecule has 0 N–H and O–H groups in total. The lowest BCUT2D eigenvalue weighted by Crippen LogP contribution is -2.11. The highest BCUT2D eigenvalue weighted by atomic mass is 32.2. The van der Waals surface area contributed by atoms with E-state index in [0.717, 1.165) is 17.0 Å². The molecule has 0 saturated heterocycles. The molecule has 0 amide bonds. The van der Waals surface area contributed by atoms with Crippen LogP contribution in [0.3, 0.4) is 0 Å². The summed E-state index contributed by atoms with van der Waals surface area (Å²) in [5.74, 6) is 1.56. The second-order valence-electron chi connectivity index (χ2n) is 3.67. The third kappa shape index (κ3) is 2.26. The van der Waals surface area contributed by atoms with Crippen LogP contribution in [0.5, 0.6) is 5.75 Å². The van der Waals surface area contributed by atoms with Crippen LogP contribution < -0.4 is 9.64 Å². The molecule has 90 valence electrons. The number of aromatic nitrogens is 3. The maximum Gasteiger partial charge on any atom is 0.189 e. The molecule has 0 aliphatic heterocycles. The highest BCUT2D eigenvalue weighted by Crippen LogP contribution is 2.27. The predicted octanol–water partition coefficient (Wildman–Crippen LogP) is 1.82. The summed E-state index contributed by atoms with van der Waals surface area (Å²) in [6, 6.07) is 1.88. The summed E-state index contributed by atoms with van der Waals surface area (Å²) in [6.07, 6.45) is 3.69. The Morgan fingerprint density at radius 2 is 2.06 bits per heavy atom. The van der Waals surface area contributed by atoms with E-state index in [1.165, 1.54) is 11.8 Å². The van der Waals surface area contributed by atoms with Gasteiger partial charge >= 0.3 is 0 Å². The van der Waals surface area contributed by atoms with Crippen molar-refractivity contribution < 1.29 is 4.74 Å². The van der Waals surface area contributed by atoms with E-state index in [2.05, 4.69) is 15.0 Å². The third-order valence-electron chi connectivity index (χ3n) is 2.35. The Morgan fingerprint density at radius 3 is 2.65 bits per heavy atom. The van der Waals surface area contributed by atoms with Crippen molar-refractivity contribution in [2.24, 2.45) is 0 Å². The van der Waals surface area contributed by atoms with E-state index in [0.29, 0.717) is 10.8 Å². The Labute approximate surface area is 104 Å². The molecule has 2 rings (SSSR count). The van der Waals surface area contributed by atoms with Gasteiger partial charge in [0.25, 0.3) is 0 Å². The van der Waals surface area contributed by atoms with Gasteiger partial charge in [-0.15, -0.1) is 0 Å². The van der Waals surface area contributed by atoms with E-state index in [1.807, 2.05) is 31.3 Å². The van der Waals surface area contributed by atoms with Crippen LogP contribution in [0.2, 0.25) is 0 Å². The summed E-state index contributed by atoms with van der Waals surface area (Å²) in [5, 5.41) is 1.54. The molecule has 0 aromatic carbocycles. The quantitative estimate of drug-likeness (QED) is 0.612. The van der Waals surface area contributed by atoms with Gasteiger partial charge in [-0.25, -0.2) is 15.0 Å². The lowest BCUT2D eigenvalue weighted by atomic mass is 10.3. The van der Waals surface area contributed by atoms with Crippen molar-refractivity contribution in [3.63, 3.8) is 0 Å². The van der Waals surface area contributed by atoms with Crippen LogP contribution in [0.4, 0.5) is 5.82 Å². The van der Waals surface area contributed by atoms with Crippen molar-refractivity contribution in [1.82, 2.24) is 15.0 Å². The summed E-state index contributed by atoms with van der Waals surface area (Å²) in [4.78, 5) is 15.0. The van der Waals surface area contributed by atoms with Gasteiger partial charge < -0.3 is 9.64 Å². The molecule has 0 atom stereocenters. The number of pyridine rings is 1. The fourth-order valence-electron chi connectivity index (χ4n) is 1.45. The number of fused-ring (bicyclic) bond motifs is 1. The average Bonchev–Trinajstić information content (AvgIpc) is 2.36. The number of anilines is 1. The van der Waals surface area contributed by atoms with Gasteiger partial charge in [0.1, 0.15) is 11.6 Å². The van der Waals surface area contributed by atoms with Crippen molar-refractivity contribution in [2.75, 3.05) is 32.4 Å². The molecule has 2 heterocycles. The SMILES string of the molecule is COc1cc(N(C)C)nc2nc(SC)ncc12. The summed E-state index contributed by atoms with van der Waals surface area (Å²) in [6.45, 7) is 0. The first-order chi connectivity index (χ1) is 8.15. The van der Waals surface area contributed by atoms with Crippen molar-refractivity contribution in [3.8, 4) is 5.75 Å². The zero-order valence-electron chi connectivity index (χ0n) is 10.3. The van der Waals surface area contributed by atoms with Crippen LogP contribution in [0.25, 0.3) is 11.0 Å². The molecule has 0 saturated carbocycles. The number of nitrogens with zero attached hydrogens (tertiary/aromatic N) is 4. The van der Waals surface area contributed by atoms with Gasteiger partial charge in [-0.1, -0.05) is 11.8 Å². The molecule has 2 aromatic heterocycles. The van der Waals surface area contributed by atoms with E-state index < -0.39 is 0 Å². The normalized spacial score (nSPS) is 10.6. The lowest BCUT2D eigenvalue weighted by molar-refractivity contribution is 0.419. The van der Waals surface area contributed by atoms with E-state index in [-0.39, 0.29) is 0 Å². The number of ether oxygens (including phenoxy) is 1. The van der Waals surface area contributed by atoms with Crippen LogP contribution in [0, 0.1) is 0 Å². The fraction of sp³-hybridized carbons (Fsp3) is 0.364. The summed E-state index contributed by atoms with van der Waals surface area (Å²) < 4.78 is 5.34. The average molecular weight is 250 g/mol. The fourth-order valence-corrected chi connectivity index (χ4v) is 1.78. The molecule has 17 heavy (non-hydrogen) atoms. The molecule has 0 radical (unpaired) electrons. The van der Waals surface area contributed by atoms with Gasteiger partial charge in [0.2, 0.25) is 0 Å². The molecule has 5 nitrogen and oxygen atoms in total. The molecule has 6 heteroatoms. The Hall–Kier alpha value is -1.56. The monoisotopic (exact) mass is 250 g/mol. The molecule has 0 aliphatic rings. The highest BCUT2D eigenvalue weighted by molar-refractivity contribution is 7.98. The van der Waals surface area contributed by atoms with Crippen LogP contribution >= 0.6 is 11.8 Å². The first kappa shape index (κ1) is 11.9. The molecule has 0 fully saturated rings. The van der Waals surface area contributed by atoms with Crippen LogP contribution in [0.15, 0.2) is 17.4 Å². The Balaban J connectivity index is 2.69. The van der Waals surface area contributed by atoms with E-state index in [9.17, 15) is 0 Å². The molecular weight excluding hydrogens is 236 g/mol. The lowest BCUT2D eigenvalue weighted by Gasteiger charge is -2.13. The first-order valence-electron chi connectivity index (χ1n) is 5.09. The first-order valence-corrected chi connectivity index (χ1v) is 6.31. The van der Waals surface area contributed by atoms with Gasteiger partial charge in [0.05, 0.1) is 12.5 Å². The molecule has 2 aromatic rings. The third-order valence-corrected chi connectivity index (χ3v) is 2.92. The minimum absolute atomic E-state index is 0.660. The molecule has 0 spiro atoms. The topological polar surface area (TPSA) is 51.1 Å². The second kappa shape index (κ2) is 4.75. The number of hydrogen-bond acceptors (Lipinski definition) is 6. The smallest absolute Gasteiger partial charge is 0.189 e. The standard InChI is InChI=1S/C11H14N4OS/c1-15(2)9-5-8(16-3)7-6-12-11(17-4)14-10(7)13-9/h5-6H,1-4H3. The number of rotatable bonds is 3. The van der Waals surface area contributed by atoms with Crippen LogP contribution in [-0.4, -0.2) is 42.4 Å². The molecule has 0 aliphatic carbocycles. The van der Waals surface area contributed by atoms with Gasteiger partial charge in [0, 0.05) is 26.4 Å². The zero-order chi connectivity index (χ0) is 12.4. The van der Waals surface area contributed by atoms with Gasteiger partial charge in [-0.05, 0) is 6.26 Å². The zero-order valence-corrected chi connectivity index (χ0v) is 11.1. The van der Waals surface area contributed by atoms with Gasteiger partial charge in [-0.3, -0.25) is 0 Å². The van der Waals surface area contributed by atoms with Crippen molar-refractivity contribution in [2.45, 2.75) is 5.16 Å². The Bertz CT molecular complexity index is 544. The Morgan fingerprint density at radius 1 is 1.29 bits per heavy atom. The number of hydrogen-bond donors (Lipinski definition) is 0. The minimum atomic E-state index is 0.660. The summed E-state index contributed by atoms with van der Waals surface area (Å²) in [7, 11) is 5.51. The van der Waals surface area contributed by atoms with Crippen molar-refractivity contribution in [1.29, 1.82) is 0 Å². The summed E-state index contributed by atoms with van der Waals surface area (Å²) >= 11 is 1.49.